The van der Waals surface area contributed by atoms with Gasteiger partial charge < -0.3 is 14.7 Å². The fraction of sp³-hybridized carbons (Fsp3) is 0.529. The Labute approximate surface area is 129 Å². The molecule has 1 saturated carbocycles. The molecule has 1 aromatic rings. The average molecular weight is 303 g/mol. The van der Waals surface area contributed by atoms with E-state index < -0.39 is 5.97 Å². The predicted molar refractivity (Wildman–Crippen MR) is 80.3 cm³/mol. The van der Waals surface area contributed by atoms with Gasteiger partial charge in [0.1, 0.15) is 6.61 Å². The lowest BCUT2D eigenvalue weighted by Gasteiger charge is -2.53. The topological polar surface area (TPSA) is 66.8 Å². The summed E-state index contributed by atoms with van der Waals surface area (Å²) in [5.74, 6) is -1.08. The largest absolute Gasteiger partial charge is 0.481 e. The van der Waals surface area contributed by atoms with E-state index in [0.29, 0.717) is 19.4 Å². The molecule has 1 aliphatic carbocycles. The Morgan fingerprint density at radius 1 is 1.27 bits per heavy atom. The van der Waals surface area contributed by atoms with Crippen LogP contribution in [-0.4, -0.2) is 34.2 Å². The Balaban J connectivity index is 1.63. The molecule has 1 aliphatic heterocycles. The van der Waals surface area contributed by atoms with Crippen LogP contribution in [0.1, 0.15) is 37.7 Å². The summed E-state index contributed by atoms with van der Waals surface area (Å²) >= 11 is 0. The molecule has 1 saturated heterocycles. The number of likely N-dealkylation sites (tertiary alicyclic amines) is 1. The summed E-state index contributed by atoms with van der Waals surface area (Å²) in [6, 6.07) is 9.58. The van der Waals surface area contributed by atoms with Crippen LogP contribution in [0.15, 0.2) is 30.3 Å². The van der Waals surface area contributed by atoms with Crippen LogP contribution in [0.25, 0.3) is 0 Å². The molecule has 1 heterocycles. The third-order valence-corrected chi connectivity index (χ3v) is 4.96. The number of ether oxygens (including phenoxy) is 1. The highest BCUT2D eigenvalue weighted by Crippen LogP contribution is 2.46. The van der Waals surface area contributed by atoms with Crippen LogP contribution in [0.2, 0.25) is 0 Å². The second-order valence-electron chi connectivity index (χ2n) is 6.30. The number of nitrogens with zero attached hydrogens (tertiary/aromatic N) is 1. The highest BCUT2D eigenvalue weighted by atomic mass is 16.6. The fourth-order valence-electron chi connectivity index (χ4n) is 3.54. The van der Waals surface area contributed by atoms with Crippen LogP contribution in [0.5, 0.6) is 0 Å². The Morgan fingerprint density at radius 2 is 2.00 bits per heavy atom. The molecule has 1 spiro atoms. The summed E-state index contributed by atoms with van der Waals surface area (Å²) in [7, 11) is 0. The average Bonchev–Trinajstić information content (AvgIpc) is 2.51. The number of hydrogen-bond donors (Lipinski definition) is 1. The number of rotatable bonds is 3. The van der Waals surface area contributed by atoms with Crippen molar-refractivity contribution in [2.45, 2.75) is 44.2 Å². The molecule has 0 radical (unpaired) electrons. The van der Waals surface area contributed by atoms with Crippen molar-refractivity contribution in [2.24, 2.45) is 5.92 Å². The zero-order valence-electron chi connectivity index (χ0n) is 12.5. The monoisotopic (exact) mass is 303 g/mol. The van der Waals surface area contributed by atoms with Crippen molar-refractivity contribution in [2.75, 3.05) is 6.54 Å². The molecule has 1 N–H and O–H groups in total. The van der Waals surface area contributed by atoms with Crippen molar-refractivity contribution >= 4 is 12.1 Å². The summed E-state index contributed by atoms with van der Waals surface area (Å²) in [6.07, 6.45) is 3.58. The molecule has 0 aromatic heterocycles. The van der Waals surface area contributed by atoms with Gasteiger partial charge in [-0.25, -0.2) is 4.79 Å². The lowest BCUT2D eigenvalue weighted by atomic mass is 9.67. The minimum Gasteiger partial charge on any atom is -0.481 e. The van der Waals surface area contributed by atoms with E-state index in [4.69, 9.17) is 4.74 Å². The summed E-state index contributed by atoms with van der Waals surface area (Å²) in [4.78, 5) is 25.4. The number of carboxylic acids is 1. The van der Waals surface area contributed by atoms with Crippen LogP contribution in [0.4, 0.5) is 4.79 Å². The number of aliphatic carboxylic acids is 1. The first kappa shape index (κ1) is 14.9. The highest BCUT2D eigenvalue weighted by molar-refractivity contribution is 5.73. The Bertz CT molecular complexity index is 553. The summed E-state index contributed by atoms with van der Waals surface area (Å²) in [6.45, 7) is 0.735. The molecule has 22 heavy (non-hydrogen) atoms. The first-order valence-electron chi connectivity index (χ1n) is 7.82. The molecule has 1 atom stereocenters. The maximum Gasteiger partial charge on any atom is 0.410 e. The van der Waals surface area contributed by atoms with E-state index in [1.54, 1.807) is 4.90 Å². The van der Waals surface area contributed by atoms with E-state index >= 15 is 0 Å². The van der Waals surface area contributed by atoms with Gasteiger partial charge in [-0.1, -0.05) is 30.3 Å². The van der Waals surface area contributed by atoms with Gasteiger partial charge in [0.15, 0.2) is 0 Å². The molecule has 5 heteroatoms. The fourth-order valence-corrected chi connectivity index (χ4v) is 3.54. The van der Waals surface area contributed by atoms with Gasteiger partial charge in [-0.05, 0) is 37.7 Å². The lowest BCUT2D eigenvalue weighted by molar-refractivity contribution is -0.147. The molecule has 1 aromatic carbocycles. The predicted octanol–water partition coefficient (Wildman–Crippen LogP) is 3.04. The standard InChI is InChI=1S/C17H21NO4/c19-15(20)14-7-10-18(17(11-14)8-4-9-17)16(21)22-12-13-5-2-1-3-6-13/h1-3,5-6,14H,4,7-12H2,(H,19,20). The van der Waals surface area contributed by atoms with Crippen molar-refractivity contribution in [1.82, 2.24) is 4.90 Å². The lowest BCUT2D eigenvalue weighted by Crippen LogP contribution is -2.61. The van der Waals surface area contributed by atoms with Crippen LogP contribution in [0, 0.1) is 5.92 Å². The zero-order valence-corrected chi connectivity index (χ0v) is 12.5. The van der Waals surface area contributed by atoms with Crippen LogP contribution in [-0.2, 0) is 16.1 Å². The number of carbonyl (C=O) groups excluding carboxylic acids is 1. The van der Waals surface area contributed by atoms with E-state index in [2.05, 4.69) is 0 Å². The minimum atomic E-state index is -0.747. The van der Waals surface area contributed by atoms with Crippen LogP contribution < -0.4 is 0 Å². The summed E-state index contributed by atoms with van der Waals surface area (Å²) < 4.78 is 5.43. The van der Waals surface area contributed by atoms with Gasteiger partial charge in [0.05, 0.1) is 5.92 Å². The molecule has 5 nitrogen and oxygen atoms in total. The van der Waals surface area contributed by atoms with Crippen LogP contribution >= 0.6 is 0 Å². The first-order valence-corrected chi connectivity index (χ1v) is 7.82. The van der Waals surface area contributed by atoms with Gasteiger partial charge in [-0.15, -0.1) is 0 Å². The summed E-state index contributed by atoms with van der Waals surface area (Å²) in [5, 5.41) is 9.23. The van der Waals surface area contributed by atoms with Crippen molar-refractivity contribution in [3.8, 4) is 0 Å². The first-order chi connectivity index (χ1) is 10.6. The maximum absolute atomic E-state index is 12.4. The third kappa shape index (κ3) is 2.80. The van der Waals surface area contributed by atoms with E-state index in [9.17, 15) is 14.7 Å². The summed E-state index contributed by atoms with van der Waals surface area (Å²) in [5.41, 5.74) is 0.675. The molecule has 0 bridgehead atoms. The zero-order chi connectivity index (χ0) is 15.6. The Morgan fingerprint density at radius 3 is 2.59 bits per heavy atom. The number of carboxylic acid groups (broad SMARTS) is 1. The number of piperidine rings is 1. The normalized spacial score (nSPS) is 22.9. The highest BCUT2D eigenvalue weighted by Gasteiger charge is 2.50. The molecule has 1 unspecified atom stereocenters. The number of amides is 1. The second kappa shape index (κ2) is 5.99. The molecular weight excluding hydrogens is 282 g/mol. The Kier molecular flexibility index (Phi) is 4.05. The van der Waals surface area contributed by atoms with Gasteiger partial charge in [-0.2, -0.15) is 0 Å². The van der Waals surface area contributed by atoms with Gasteiger partial charge in [0.25, 0.3) is 0 Å². The van der Waals surface area contributed by atoms with E-state index in [1.807, 2.05) is 30.3 Å². The molecule has 2 aliphatic rings. The molecule has 3 rings (SSSR count). The van der Waals surface area contributed by atoms with Crippen molar-refractivity contribution in [3.63, 3.8) is 0 Å². The van der Waals surface area contributed by atoms with Crippen molar-refractivity contribution in [1.29, 1.82) is 0 Å². The second-order valence-corrected chi connectivity index (χ2v) is 6.30. The van der Waals surface area contributed by atoms with Gasteiger partial charge in [-0.3, -0.25) is 4.79 Å². The maximum atomic E-state index is 12.4. The quantitative estimate of drug-likeness (QED) is 0.932. The van der Waals surface area contributed by atoms with Crippen molar-refractivity contribution < 1.29 is 19.4 Å². The molecule has 2 fully saturated rings. The molecule has 118 valence electrons. The van der Waals surface area contributed by atoms with Gasteiger partial charge in [0.2, 0.25) is 0 Å². The molecular formula is C17H21NO4. The number of benzene rings is 1. The SMILES string of the molecule is O=C(O)C1CCN(C(=O)OCc2ccccc2)C2(CCC2)C1. The van der Waals surface area contributed by atoms with Gasteiger partial charge >= 0.3 is 12.1 Å². The van der Waals surface area contributed by atoms with Crippen molar-refractivity contribution in [3.05, 3.63) is 35.9 Å². The van der Waals surface area contributed by atoms with Gasteiger partial charge in [0, 0.05) is 12.1 Å². The van der Waals surface area contributed by atoms with E-state index in [1.165, 1.54) is 0 Å². The third-order valence-electron chi connectivity index (χ3n) is 4.96. The Hall–Kier alpha value is -2.04. The van der Waals surface area contributed by atoms with E-state index in [-0.39, 0.29) is 24.2 Å². The smallest absolute Gasteiger partial charge is 0.410 e. The minimum absolute atomic E-state index is 0.259. The van der Waals surface area contributed by atoms with Crippen LogP contribution in [0.3, 0.4) is 0 Å². The number of hydrogen-bond acceptors (Lipinski definition) is 3. The van der Waals surface area contributed by atoms with E-state index in [0.717, 1.165) is 24.8 Å². The number of carbonyl (C=O) groups is 2. The molecule has 1 amide bonds.